The molecule has 0 nitrogen and oxygen atoms in total. The van der Waals surface area contributed by atoms with Crippen molar-refractivity contribution in [3.63, 3.8) is 0 Å². The fraction of sp³-hybridized carbons (Fsp3) is 0.0263. The van der Waals surface area contributed by atoms with Crippen molar-refractivity contribution in [3.8, 4) is 89.0 Å². The molecule has 0 bridgehead atoms. The van der Waals surface area contributed by atoms with Crippen LogP contribution >= 0.6 is 0 Å². The van der Waals surface area contributed by atoms with Gasteiger partial charge < -0.3 is 0 Å². The molecule has 362 valence electrons. The zero-order valence-electron chi connectivity index (χ0n) is 42.2. The standard InChI is InChI=1S/C76H44F2/c77-47-31-27-44(28-32-47)50-20-8-10-22-52(50)70-55-25-13-11-23-53(55)65(45-17-5-2-6-18-45)73-61-39-35-57-60-38-42-64-72-62(40-36-58(68(60)72)59-37-41-63(75(70)73)71(61)67(57)59)74-66(46-29-33-48(78)34-30-46)54-24-12-14-26-56(54)69(76(64)74)51-21-9-7-19-49(51)43-15-3-1-4-16-43/h1-42,63,71H. The number of fused-ring (bicyclic) bond motifs is 10. The van der Waals surface area contributed by atoms with Crippen LogP contribution in [0.1, 0.15) is 34.1 Å². The van der Waals surface area contributed by atoms with Crippen molar-refractivity contribution in [3.05, 3.63) is 282 Å². The van der Waals surface area contributed by atoms with Gasteiger partial charge in [-0.05, 0) is 189 Å². The topological polar surface area (TPSA) is 0 Å². The monoisotopic (exact) mass is 994 g/mol. The van der Waals surface area contributed by atoms with Gasteiger partial charge in [-0.25, -0.2) is 8.78 Å². The summed E-state index contributed by atoms with van der Waals surface area (Å²) in [7, 11) is 0. The predicted molar refractivity (Wildman–Crippen MR) is 322 cm³/mol. The van der Waals surface area contributed by atoms with Gasteiger partial charge in [-0.1, -0.05) is 231 Å². The van der Waals surface area contributed by atoms with Gasteiger partial charge in [0.2, 0.25) is 0 Å². The van der Waals surface area contributed by atoms with Crippen LogP contribution in [0, 0.1) is 11.6 Å². The minimum atomic E-state index is -0.249. The van der Waals surface area contributed by atoms with Crippen molar-refractivity contribution in [2.45, 2.75) is 11.8 Å². The molecule has 2 heteroatoms. The molecule has 0 N–H and O–H groups in total. The molecule has 0 heterocycles. The van der Waals surface area contributed by atoms with Crippen LogP contribution in [0.3, 0.4) is 0 Å². The average molecular weight is 995 g/mol. The molecule has 17 rings (SSSR count). The number of halogens is 2. The van der Waals surface area contributed by atoms with Gasteiger partial charge in [-0.2, -0.15) is 0 Å². The maximum Gasteiger partial charge on any atom is 0.123 e. The van der Waals surface area contributed by atoms with E-state index >= 15 is 0 Å². The molecule has 13 aromatic rings. The third-order valence-electron chi connectivity index (χ3n) is 17.7. The van der Waals surface area contributed by atoms with Gasteiger partial charge >= 0.3 is 0 Å². The smallest absolute Gasteiger partial charge is 0.123 e. The van der Waals surface area contributed by atoms with E-state index in [-0.39, 0.29) is 23.5 Å². The maximum absolute atomic E-state index is 14.9. The first-order valence-corrected chi connectivity index (χ1v) is 27.0. The third kappa shape index (κ3) is 5.92. The molecule has 78 heavy (non-hydrogen) atoms. The SMILES string of the molecule is Fc1ccc(-c2ccccc2-c2c3c(c(-c4ccccc4)c4ccccc24)C2=CC=c4c5c(c6ccc7c8c(ccc4c68)-c4c-7c(-c6ccc(F)cc6)c6ccccc6c4-c4ccccc4-c4ccccc4)C=CC3C25)cc1. The normalized spacial score (nSPS) is 15.2. The molecule has 4 aliphatic rings. The van der Waals surface area contributed by atoms with Crippen LogP contribution in [0.15, 0.2) is 243 Å². The Balaban J connectivity index is 0.960. The van der Waals surface area contributed by atoms with Crippen molar-refractivity contribution < 1.29 is 8.78 Å². The first-order chi connectivity index (χ1) is 38.6. The molecule has 0 saturated heterocycles. The summed E-state index contributed by atoms with van der Waals surface area (Å²) in [5.74, 6) is -0.380. The van der Waals surface area contributed by atoms with Crippen molar-refractivity contribution in [2.24, 2.45) is 0 Å². The van der Waals surface area contributed by atoms with Gasteiger partial charge in [0.1, 0.15) is 11.6 Å². The van der Waals surface area contributed by atoms with Crippen LogP contribution in [0.25, 0.3) is 150 Å². The van der Waals surface area contributed by atoms with Crippen LogP contribution < -0.4 is 5.22 Å². The lowest BCUT2D eigenvalue weighted by molar-refractivity contribution is 0.627. The fourth-order valence-corrected chi connectivity index (χ4v) is 14.7. The Kier molecular flexibility index (Phi) is 9.13. The van der Waals surface area contributed by atoms with Crippen LogP contribution in [0.2, 0.25) is 0 Å². The van der Waals surface area contributed by atoms with Crippen LogP contribution in [0.4, 0.5) is 8.78 Å². The van der Waals surface area contributed by atoms with Gasteiger partial charge in [0.05, 0.1) is 0 Å². The molecular weight excluding hydrogens is 951 g/mol. The molecule has 2 unspecified atom stereocenters. The van der Waals surface area contributed by atoms with E-state index in [9.17, 15) is 8.78 Å². The Morgan fingerprint density at radius 1 is 0.282 bits per heavy atom. The van der Waals surface area contributed by atoms with Gasteiger partial charge in [-0.15, -0.1) is 0 Å². The zero-order chi connectivity index (χ0) is 51.3. The lowest BCUT2D eigenvalue weighted by Gasteiger charge is -2.30. The van der Waals surface area contributed by atoms with Crippen molar-refractivity contribution >= 4 is 60.8 Å². The van der Waals surface area contributed by atoms with Crippen molar-refractivity contribution in [2.75, 3.05) is 0 Å². The minimum Gasteiger partial charge on any atom is -0.207 e. The van der Waals surface area contributed by atoms with Crippen LogP contribution in [0.5, 0.6) is 0 Å². The predicted octanol–water partition coefficient (Wildman–Crippen LogP) is 20.0. The zero-order valence-corrected chi connectivity index (χ0v) is 42.2. The van der Waals surface area contributed by atoms with Crippen LogP contribution in [-0.2, 0) is 0 Å². The lowest BCUT2D eigenvalue weighted by Crippen LogP contribution is -2.23. The summed E-state index contributed by atoms with van der Waals surface area (Å²) in [6.45, 7) is 0. The van der Waals surface area contributed by atoms with E-state index in [1.807, 2.05) is 24.3 Å². The largest absolute Gasteiger partial charge is 0.207 e. The van der Waals surface area contributed by atoms with Crippen molar-refractivity contribution in [1.82, 2.24) is 0 Å². The van der Waals surface area contributed by atoms with Gasteiger partial charge in [0, 0.05) is 11.8 Å². The summed E-state index contributed by atoms with van der Waals surface area (Å²) in [6.07, 6.45) is 9.85. The molecule has 0 aromatic heterocycles. The quantitative estimate of drug-likeness (QED) is 0.156. The van der Waals surface area contributed by atoms with E-state index < -0.39 is 0 Å². The maximum atomic E-state index is 14.9. The van der Waals surface area contributed by atoms with E-state index in [2.05, 4.69) is 206 Å². The van der Waals surface area contributed by atoms with Crippen molar-refractivity contribution in [1.29, 1.82) is 0 Å². The van der Waals surface area contributed by atoms with E-state index in [1.165, 1.54) is 132 Å². The Morgan fingerprint density at radius 2 is 0.744 bits per heavy atom. The second-order valence-corrected chi connectivity index (χ2v) is 21.4. The molecule has 13 aromatic carbocycles. The summed E-state index contributed by atoms with van der Waals surface area (Å²) in [6, 6.07) is 80.7. The summed E-state index contributed by atoms with van der Waals surface area (Å²) in [5, 5.41) is 11.1. The molecule has 2 atom stereocenters. The highest BCUT2D eigenvalue weighted by molar-refractivity contribution is 6.33. The highest BCUT2D eigenvalue weighted by atomic mass is 19.1. The van der Waals surface area contributed by atoms with Crippen LogP contribution in [-0.4, -0.2) is 0 Å². The lowest BCUT2D eigenvalue weighted by atomic mass is 9.72. The number of hydrogen-bond acceptors (Lipinski definition) is 0. The number of hydrogen-bond donors (Lipinski definition) is 0. The molecule has 4 aliphatic carbocycles. The summed E-state index contributed by atoms with van der Waals surface area (Å²) >= 11 is 0. The molecule has 0 saturated carbocycles. The van der Waals surface area contributed by atoms with E-state index in [0.29, 0.717) is 0 Å². The summed E-state index contributed by atoms with van der Waals surface area (Å²) < 4.78 is 29.5. The minimum absolute atomic E-state index is 0.0468. The van der Waals surface area contributed by atoms with Gasteiger partial charge in [0.15, 0.2) is 0 Å². The van der Waals surface area contributed by atoms with E-state index in [4.69, 9.17) is 0 Å². The molecule has 0 aliphatic heterocycles. The molecular formula is C76H44F2. The molecule has 0 amide bonds. The first-order valence-electron chi connectivity index (χ1n) is 27.0. The number of rotatable bonds is 6. The molecule has 0 radical (unpaired) electrons. The fourth-order valence-electron chi connectivity index (χ4n) is 14.7. The Hall–Kier alpha value is -9.76. The molecule has 0 fully saturated rings. The Morgan fingerprint density at radius 3 is 1.37 bits per heavy atom. The number of benzene rings is 13. The average Bonchev–Trinajstić information content (AvgIpc) is 4.21. The Bertz CT molecular complexity index is 4890. The molecule has 0 spiro atoms. The summed E-state index contributed by atoms with van der Waals surface area (Å²) in [4.78, 5) is 0. The van der Waals surface area contributed by atoms with E-state index in [1.54, 1.807) is 24.3 Å². The van der Waals surface area contributed by atoms with Gasteiger partial charge in [-0.3, -0.25) is 0 Å². The Labute approximate surface area is 449 Å². The number of allylic oxidation sites excluding steroid dienone is 3. The second kappa shape index (κ2) is 16.4. The third-order valence-corrected chi connectivity index (χ3v) is 17.7. The van der Waals surface area contributed by atoms with Gasteiger partial charge in [0.25, 0.3) is 0 Å². The first kappa shape index (κ1) is 43.5. The second-order valence-electron chi connectivity index (χ2n) is 21.4. The highest BCUT2D eigenvalue weighted by Gasteiger charge is 2.45. The highest BCUT2D eigenvalue weighted by Crippen LogP contribution is 2.65. The summed E-state index contributed by atoms with van der Waals surface area (Å²) in [5.41, 5.74) is 25.3. The van der Waals surface area contributed by atoms with E-state index in [0.717, 1.165) is 33.2 Å².